The maximum atomic E-state index is 12.7. The summed E-state index contributed by atoms with van der Waals surface area (Å²) in [6.45, 7) is 0. The van der Waals surface area contributed by atoms with Crippen molar-refractivity contribution in [1.82, 2.24) is 5.32 Å². The Balaban J connectivity index is 2.01. The van der Waals surface area contributed by atoms with E-state index in [9.17, 15) is 9.59 Å². The number of nitrogens with one attached hydrogen (secondary N) is 1. The van der Waals surface area contributed by atoms with E-state index in [0.717, 1.165) is 11.1 Å². The van der Waals surface area contributed by atoms with E-state index in [-0.39, 0.29) is 11.8 Å². The van der Waals surface area contributed by atoms with Crippen LogP contribution in [0.1, 0.15) is 27.4 Å². The lowest BCUT2D eigenvalue weighted by Gasteiger charge is -2.27. The molecule has 4 heteroatoms. The van der Waals surface area contributed by atoms with Crippen LogP contribution in [-0.4, -0.2) is 25.0 Å². The van der Waals surface area contributed by atoms with E-state index in [4.69, 9.17) is 4.74 Å². The van der Waals surface area contributed by atoms with E-state index in [0.29, 0.717) is 5.56 Å². The highest BCUT2D eigenvalue weighted by atomic mass is 16.5. The van der Waals surface area contributed by atoms with Crippen LogP contribution in [0.2, 0.25) is 0 Å². The van der Waals surface area contributed by atoms with Crippen LogP contribution >= 0.6 is 0 Å². The molecule has 0 fully saturated rings. The fourth-order valence-corrected chi connectivity index (χ4v) is 3.12. The van der Waals surface area contributed by atoms with Crippen LogP contribution in [0.5, 0.6) is 0 Å². The fourth-order valence-electron chi connectivity index (χ4n) is 3.12. The van der Waals surface area contributed by atoms with Gasteiger partial charge in [-0.1, -0.05) is 78.9 Å². The first kappa shape index (κ1) is 18.4. The molecule has 4 nitrogen and oxygen atoms in total. The van der Waals surface area contributed by atoms with E-state index in [1.54, 1.807) is 24.3 Å². The van der Waals surface area contributed by atoms with Crippen LogP contribution in [0.3, 0.4) is 0 Å². The first-order chi connectivity index (χ1) is 13.2. The van der Waals surface area contributed by atoms with Crippen molar-refractivity contribution in [1.29, 1.82) is 0 Å². The molecule has 0 aliphatic rings. The Morgan fingerprint density at radius 2 is 1.19 bits per heavy atom. The first-order valence-electron chi connectivity index (χ1n) is 8.74. The van der Waals surface area contributed by atoms with Crippen molar-refractivity contribution in [2.24, 2.45) is 0 Å². The molecular formula is C23H21NO3. The minimum absolute atomic E-state index is 0.317. The van der Waals surface area contributed by atoms with Gasteiger partial charge in [-0.3, -0.25) is 4.79 Å². The van der Waals surface area contributed by atoms with Gasteiger partial charge >= 0.3 is 5.97 Å². The number of amides is 1. The standard InChI is InChI=1S/C23H21NO3/c1-27-23(26)21(24-22(25)19-15-9-4-10-16-19)20(17-11-5-2-6-12-17)18-13-7-3-8-14-18/h2-16,20-21H,1H3,(H,24,25)/t21-/m1/s1. The Hall–Kier alpha value is -3.40. The zero-order chi connectivity index (χ0) is 19.1. The van der Waals surface area contributed by atoms with Gasteiger partial charge in [0.15, 0.2) is 0 Å². The lowest BCUT2D eigenvalue weighted by atomic mass is 9.84. The molecule has 0 saturated heterocycles. The van der Waals surface area contributed by atoms with Gasteiger partial charge in [0, 0.05) is 11.5 Å². The Morgan fingerprint density at radius 1 is 0.741 bits per heavy atom. The molecule has 0 bridgehead atoms. The molecule has 1 amide bonds. The zero-order valence-corrected chi connectivity index (χ0v) is 15.0. The van der Waals surface area contributed by atoms with Crippen molar-refractivity contribution in [3.05, 3.63) is 108 Å². The molecule has 0 radical (unpaired) electrons. The molecule has 0 heterocycles. The van der Waals surface area contributed by atoms with Crippen molar-refractivity contribution in [2.45, 2.75) is 12.0 Å². The summed E-state index contributed by atoms with van der Waals surface area (Å²) in [6, 6.07) is 27.3. The number of esters is 1. The molecule has 3 aromatic carbocycles. The number of benzene rings is 3. The van der Waals surface area contributed by atoms with Gasteiger partial charge in [0.1, 0.15) is 6.04 Å². The number of hydrogen-bond acceptors (Lipinski definition) is 3. The van der Waals surface area contributed by atoms with E-state index < -0.39 is 12.0 Å². The number of ether oxygens (including phenoxy) is 1. The average molecular weight is 359 g/mol. The minimum atomic E-state index is -0.854. The van der Waals surface area contributed by atoms with Gasteiger partial charge in [0.2, 0.25) is 0 Å². The second-order valence-corrected chi connectivity index (χ2v) is 6.14. The molecule has 1 atom stereocenters. The third kappa shape index (κ3) is 4.42. The molecule has 0 aliphatic heterocycles. The zero-order valence-electron chi connectivity index (χ0n) is 15.0. The predicted molar refractivity (Wildman–Crippen MR) is 104 cm³/mol. The van der Waals surface area contributed by atoms with E-state index in [2.05, 4.69) is 5.32 Å². The van der Waals surface area contributed by atoms with Gasteiger partial charge in [0.25, 0.3) is 5.91 Å². The van der Waals surface area contributed by atoms with Crippen molar-refractivity contribution in [3.8, 4) is 0 Å². The van der Waals surface area contributed by atoms with Gasteiger partial charge < -0.3 is 10.1 Å². The number of hydrogen-bond donors (Lipinski definition) is 1. The molecule has 3 aromatic rings. The smallest absolute Gasteiger partial charge is 0.329 e. The number of methoxy groups -OCH3 is 1. The summed E-state index contributed by atoms with van der Waals surface area (Å²) >= 11 is 0. The largest absolute Gasteiger partial charge is 0.467 e. The van der Waals surface area contributed by atoms with E-state index in [1.165, 1.54) is 7.11 Å². The molecule has 27 heavy (non-hydrogen) atoms. The first-order valence-corrected chi connectivity index (χ1v) is 8.74. The van der Waals surface area contributed by atoms with Gasteiger partial charge in [-0.05, 0) is 23.3 Å². The van der Waals surface area contributed by atoms with Crippen LogP contribution in [0.4, 0.5) is 0 Å². The summed E-state index contributed by atoms with van der Waals surface area (Å²) in [4.78, 5) is 25.4. The molecule has 3 rings (SSSR count). The number of rotatable bonds is 6. The molecule has 0 unspecified atom stereocenters. The highest BCUT2D eigenvalue weighted by Gasteiger charge is 2.33. The maximum Gasteiger partial charge on any atom is 0.329 e. The summed E-state index contributed by atoms with van der Waals surface area (Å²) < 4.78 is 5.02. The summed E-state index contributed by atoms with van der Waals surface area (Å²) in [7, 11) is 1.33. The van der Waals surface area contributed by atoms with Gasteiger partial charge in [-0.15, -0.1) is 0 Å². The van der Waals surface area contributed by atoms with Crippen molar-refractivity contribution in [2.75, 3.05) is 7.11 Å². The molecule has 0 saturated carbocycles. The van der Waals surface area contributed by atoms with Crippen molar-refractivity contribution >= 4 is 11.9 Å². The van der Waals surface area contributed by atoms with Crippen LogP contribution < -0.4 is 5.32 Å². The van der Waals surface area contributed by atoms with Crippen LogP contribution in [0.15, 0.2) is 91.0 Å². The molecule has 0 aromatic heterocycles. The van der Waals surface area contributed by atoms with E-state index in [1.807, 2.05) is 66.7 Å². The number of carbonyl (C=O) groups excluding carboxylic acids is 2. The lowest BCUT2D eigenvalue weighted by Crippen LogP contribution is -2.46. The summed E-state index contributed by atoms with van der Waals surface area (Å²) in [5, 5.41) is 2.87. The lowest BCUT2D eigenvalue weighted by molar-refractivity contribution is -0.143. The molecular weight excluding hydrogens is 338 g/mol. The topological polar surface area (TPSA) is 55.4 Å². The minimum Gasteiger partial charge on any atom is -0.467 e. The van der Waals surface area contributed by atoms with Crippen molar-refractivity contribution < 1.29 is 14.3 Å². The van der Waals surface area contributed by atoms with Crippen molar-refractivity contribution in [3.63, 3.8) is 0 Å². The third-order valence-corrected chi connectivity index (χ3v) is 4.43. The summed E-state index contributed by atoms with van der Waals surface area (Å²) in [5.74, 6) is -1.17. The summed E-state index contributed by atoms with van der Waals surface area (Å²) in [6.07, 6.45) is 0. The second kappa shape index (κ2) is 8.81. The second-order valence-electron chi connectivity index (χ2n) is 6.14. The highest BCUT2D eigenvalue weighted by molar-refractivity contribution is 5.97. The molecule has 0 spiro atoms. The average Bonchev–Trinajstić information content (AvgIpc) is 2.74. The van der Waals surface area contributed by atoms with Crippen LogP contribution in [0.25, 0.3) is 0 Å². The molecule has 1 N–H and O–H groups in total. The van der Waals surface area contributed by atoms with Gasteiger partial charge in [0.05, 0.1) is 7.11 Å². The van der Waals surface area contributed by atoms with Gasteiger partial charge in [-0.25, -0.2) is 4.79 Å². The van der Waals surface area contributed by atoms with E-state index >= 15 is 0 Å². The quantitative estimate of drug-likeness (QED) is 0.681. The molecule has 136 valence electrons. The predicted octanol–water partition coefficient (Wildman–Crippen LogP) is 3.79. The number of carbonyl (C=O) groups is 2. The highest BCUT2D eigenvalue weighted by Crippen LogP contribution is 2.29. The Labute approximate surface area is 158 Å². The Kier molecular flexibility index (Phi) is 6.00. The molecule has 0 aliphatic carbocycles. The van der Waals surface area contributed by atoms with Gasteiger partial charge in [-0.2, -0.15) is 0 Å². The van der Waals surface area contributed by atoms with Crippen LogP contribution in [0, 0.1) is 0 Å². The Morgan fingerprint density at radius 3 is 1.63 bits per heavy atom. The third-order valence-electron chi connectivity index (χ3n) is 4.43. The normalized spacial score (nSPS) is 11.6. The fraction of sp³-hybridized carbons (Fsp3) is 0.130. The Bertz CT molecular complexity index is 840. The van der Waals surface area contributed by atoms with Crippen LogP contribution in [-0.2, 0) is 9.53 Å². The summed E-state index contributed by atoms with van der Waals surface area (Å²) in [5.41, 5.74) is 2.34. The maximum absolute atomic E-state index is 12.7. The monoisotopic (exact) mass is 359 g/mol. The SMILES string of the molecule is COC(=O)[C@H](NC(=O)c1ccccc1)C(c1ccccc1)c1ccccc1.